The third-order valence-electron chi connectivity index (χ3n) is 4.95. The van der Waals surface area contributed by atoms with Crippen LogP contribution < -0.4 is 0 Å². The number of halogens is 3. The standard InChI is InChI=1S/C21H25F3N4/c1-13-26-18-14(19(2,3)4)10-25-11-15(18)28(13)12-20(5,6)16-8-7-9-17(27-16)21(22,23)24/h7-11H,12H2,1-6H3. The fourth-order valence-corrected chi connectivity index (χ4v) is 3.35. The van der Waals surface area contributed by atoms with Crippen LogP contribution in [0.4, 0.5) is 13.2 Å². The highest BCUT2D eigenvalue weighted by Gasteiger charge is 2.34. The second-order valence-electron chi connectivity index (χ2n) is 8.84. The molecular formula is C21H25F3N4. The summed E-state index contributed by atoms with van der Waals surface area (Å²) in [7, 11) is 0. The molecule has 7 heteroatoms. The molecule has 0 aliphatic rings. The van der Waals surface area contributed by atoms with Crippen molar-refractivity contribution in [2.75, 3.05) is 0 Å². The molecule has 0 unspecified atom stereocenters. The smallest absolute Gasteiger partial charge is 0.326 e. The lowest BCUT2D eigenvalue weighted by atomic mass is 9.87. The summed E-state index contributed by atoms with van der Waals surface area (Å²) in [6, 6.07) is 4.05. The molecule has 28 heavy (non-hydrogen) atoms. The molecule has 0 aromatic carbocycles. The number of alkyl halides is 3. The molecule has 0 saturated heterocycles. The molecule has 0 N–H and O–H groups in total. The number of aromatic nitrogens is 4. The Kier molecular flexibility index (Phi) is 4.76. The Morgan fingerprint density at radius 2 is 1.57 bits per heavy atom. The number of hydrogen-bond acceptors (Lipinski definition) is 3. The lowest BCUT2D eigenvalue weighted by Gasteiger charge is -2.26. The minimum atomic E-state index is -4.46. The summed E-state index contributed by atoms with van der Waals surface area (Å²) in [4.78, 5) is 13.0. The fourth-order valence-electron chi connectivity index (χ4n) is 3.35. The molecule has 0 aliphatic heterocycles. The quantitative estimate of drug-likeness (QED) is 0.599. The average molecular weight is 390 g/mol. The predicted molar refractivity (Wildman–Crippen MR) is 103 cm³/mol. The van der Waals surface area contributed by atoms with Crippen LogP contribution in [0.15, 0.2) is 30.6 Å². The van der Waals surface area contributed by atoms with Gasteiger partial charge in [0, 0.05) is 29.4 Å². The zero-order valence-corrected chi connectivity index (χ0v) is 17.0. The van der Waals surface area contributed by atoms with Gasteiger partial charge >= 0.3 is 6.18 Å². The number of nitrogens with zero attached hydrogens (tertiary/aromatic N) is 4. The molecule has 0 amide bonds. The zero-order chi connectivity index (χ0) is 20.9. The summed E-state index contributed by atoms with van der Waals surface area (Å²) < 4.78 is 41.2. The van der Waals surface area contributed by atoms with Gasteiger partial charge in [-0.3, -0.25) is 4.98 Å². The van der Waals surface area contributed by atoms with E-state index in [9.17, 15) is 13.2 Å². The van der Waals surface area contributed by atoms with Crippen molar-refractivity contribution in [1.82, 2.24) is 19.5 Å². The molecule has 4 nitrogen and oxygen atoms in total. The van der Waals surface area contributed by atoms with Crippen molar-refractivity contribution >= 4 is 11.0 Å². The first kappa shape index (κ1) is 20.3. The maximum atomic E-state index is 13.1. The molecule has 0 saturated carbocycles. The second kappa shape index (κ2) is 6.57. The Morgan fingerprint density at radius 1 is 0.929 bits per heavy atom. The van der Waals surface area contributed by atoms with Gasteiger partial charge in [0.1, 0.15) is 11.5 Å². The van der Waals surface area contributed by atoms with E-state index in [-0.39, 0.29) is 5.41 Å². The van der Waals surface area contributed by atoms with Crippen LogP contribution in [-0.2, 0) is 23.6 Å². The second-order valence-corrected chi connectivity index (χ2v) is 8.84. The number of hydrogen-bond donors (Lipinski definition) is 0. The summed E-state index contributed by atoms with van der Waals surface area (Å²) in [5.41, 5.74) is 1.58. The van der Waals surface area contributed by atoms with Crippen LogP contribution in [0.5, 0.6) is 0 Å². The fraction of sp³-hybridized carbons (Fsp3) is 0.476. The van der Waals surface area contributed by atoms with Crippen molar-refractivity contribution in [3.63, 3.8) is 0 Å². The van der Waals surface area contributed by atoms with E-state index >= 15 is 0 Å². The molecule has 3 aromatic rings. The van der Waals surface area contributed by atoms with Gasteiger partial charge in [-0.15, -0.1) is 0 Å². The summed E-state index contributed by atoms with van der Waals surface area (Å²) >= 11 is 0. The van der Waals surface area contributed by atoms with Crippen molar-refractivity contribution in [3.05, 3.63) is 53.4 Å². The largest absolute Gasteiger partial charge is 0.433 e. The maximum absolute atomic E-state index is 13.1. The van der Waals surface area contributed by atoms with Crippen LogP contribution in [0.2, 0.25) is 0 Å². The first-order valence-corrected chi connectivity index (χ1v) is 9.17. The van der Waals surface area contributed by atoms with E-state index in [1.807, 2.05) is 31.5 Å². The number of pyridine rings is 2. The summed E-state index contributed by atoms with van der Waals surface area (Å²) in [6.45, 7) is 12.4. The van der Waals surface area contributed by atoms with E-state index in [1.54, 1.807) is 12.3 Å². The van der Waals surface area contributed by atoms with Crippen LogP contribution in [0.1, 0.15) is 57.4 Å². The third kappa shape index (κ3) is 3.75. The molecule has 150 valence electrons. The Hall–Kier alpha value is -2.44. The molecule has 3 heterocycles. The van der Waals surface area contributed by atoms with Crippen LogP contribution >= 0.6 is 0 Å². The van der Waals surface area contributed by atoms with Gasteiger partial charge in [0.2, 0.25) is 0 Å². The molecule has 0 atom stereocenters. The van der Waals surface area contributed by atoms with Gasteiger partial charge < -0.3 is 4.57 Å². The summed E-state index contributed by atoms with van der Waals surface area (Å²) in [5.74, 6) is 0.800. The highest BCUT2D eigenvalue weighted by Crippen LogP contribution is 2.33. The van der Waals surface area contributed by atoms with E-state index in [0.717, 1.165) is 28.5 Å². The molecule has 3 aromatic heterocycles. The Bertz CT molecular complexity index is 1010. The minimum absolute atomic E-state index is 0.115. The number of rotatable bonds is 3. The molecular weight excluding hydrogens is 365 g/mol. The number of imidazole rings is 1. The van der Waals surface area contributed by atoms with E-state index in [1.165, 1.54) is 6.07 Å². The van der Waals surface area contributed by atoms with Crippen molar-refractivity contribution < 1.29 is 13.2 Å². The highest BCUT2D eigenvalue weighted by atomic mass is 19.4. The molecule has 0 fully saturated rings. The van der Waals surface area contributed by atoms with E-state index in [0.29, 0.717) is 12.2 Å². The number of fused-ring (bicyclic) bond motifs is 1. The van der Waals surface area contributed by atoms with Crippen molar-refractivity contribution in [1.29, 1.82) is 0 Å². The van der Waals surface area contributed by atoms with E-state index < -0.39 is 17.3 Å². The molecule has 0 aliphatic carbocycles. The van der Waals surface area contributed by atoms with Crippen molar-refractivity contribution in [2.45, 2.75) is 65.1 Å². The third-order valence-corrected chi connectivity index (χ3v) is 4.95. The molecule has 0 bridgehead atoms. The Labute approximate surface area is 162 Å². The van der Waals surface area contributed by atoms with Gasteiger partial charge in [-0.2, -0.15) is 13.2 Å². The van der Waals surface area contributed by atoms with E-state index in [4.69, 9.17) is 4.98 Å². The van der Waals surface area contributed by atoms with Crippen LogP contribution in [0.3, 0.4) is 0 Å². The van der Waals surface area contributed by atoms with Crippen molar-refractivity contribution in [3.8, 4) is 0 Å². The molecule has 3 rings (SSSR count). The first-order chi connectivity index (χ1) is 12.8. The topological polar surface area (TPSA) is 43.6 Å². The first-order valence-electron chi connectivity index (χ1n) is 9.17. The Morgan fingerprint density at radius 3 is 2.18 bits per heavy atom. The predicted octanol–water partition coefficient (Wildman–Crippen LogP) is 5.43. The van der Waals surface area contributed by atoms with Gasteiger partial charge in [-0.1, -0.05) is 40.7 Å². The van der Waals surface area contributed by atoms with Crippen molar-refractivity contribution in [2.24, 2.45) is 0 Å². The molecule has 0 radical (unpaired) electrons. The van der Waals surface area contributed by atoms with Gasteiger partial charge in [0.05, 0.1) is 17.2 Å². The van der Waals surface area contributed by atoms with Crippen LogP contribution in [-0.4, -0.2) is 19.5 Å². The average Bonchev–Trinajstić information content (AvgIpc) is 2.88. The lowest BCUT2D eigenvalue weighted by molar-refractivity contribution is -0.141. The minimum Gasteiger partial charge on any atom is -0.326 e. The van der Waals surface area contributed by atoms with Gasteiger partial charge in [-0.05, 0) is 24.5 Å². The van der Waals surface area contributed by atoms with Gasteiger partial charge in [-0.25, -0.2) is 9.97 Å². The number of aryl methyl sites for hydroxylation is 1. The van der Waals surface area contributed by atoms with E-state index in [2.05, 4.69) is 30.7 Å². The maximum Gasteiger partial charge on any atom is 0.433 e. The SMILES string of the molecule is Cc1nc2c(C(C)(C)C)cncc2n1CC(C)(C)c1cccc(C(F)(F)F)n1. The Balaban J connectivity index is 2.06. The molecule has 0 spiro atoms. The normalized spacial score (nSPS) is 13.3. The monoisotopic (exact) mass is 390 g/mol. The highest BCUT2D eigenvalue weighted by molar-refractivity contribution is 5.79. The lowest BCUT2D eigenvalue weighted by Crippen LogP contribution is -2.27. The van der Waals surface area contributed by atoms with Crippen LogP contribution in [0, 0.1) is 6.92 Å². The zero-order valence-electron chi connectivity index (χ0n) is 17.0. The summed E-state index contributed by atoms with van der Waals surface area (Å²) in [5, 5.41) is 0. The van der Waals surface area contributed by atoms with Gasteiger partial charge in [0.15, 0.2) is 0 Å². The van der Waals surface area contributed by atoms with Gasteiger partial charge in [0.25, 0.3) is 0 Å². The summed E-state index contributed by atoms with van der Waals surface area (Å²) in [6.07, 6.45) is -0.867. The van der Waals surface area contributed by atoms with Crippen LogP contribution in [0.25, 0.3) is 11.0 Å².